The number of rotatable bonds is 12. The Bertz CT molecular complexity index is 825. The van der Waals surface area contributed by atoms with Crippen molar-refractivity contribution in [1.82, 2.24) is 0 Å². The minimum absolute atomic E-state index is 0.297. The third-order valence-electron chi connectivity index (χ3n) is 4.70. The molecular formula is C24H30O4S6. The maximum atomic E-state index is 11.6. The van der Waals surface area contributed by atoms with Gasteiger partial charge in [0, 0.05) is 54.4 Å². The second kappa shape index (κ2) is 14.5. The predicted octanol–water partition coefficient (Wildman–Crippen LogP) is 6.46. The zero-order valence-corrected chi connectivity index (χ0v) is 24.3. The number of esters is 2. The third-order valence-corrected chi connectivity index (χ3v) is 14.2. The van der Waals surface area contributed by atoms with Crippen molar-refractivity contribution in [3.05, 3.63) is 48.6 Å². The van der Waals surface area contributed by atoms with Crippen molar-refractivity contribution < 1.29 is 19.1 Å². The fraction of sp³-hybridized carbons (Fsp3) is 0.500. The molecule has 2 heterocycles. The van der Waals surface area contributed by atoms with Crippen LogP contribution in [0.15, 0.2) is 58.4 Å². The average molecular weight is 575 g/mol. The highest BCUT2D eigenvalue weighted by Gasteiger charge is 2.28. The molecule has 0 amide bonds. The van der Waals surface area contributed by atoms with Crippen LogP contribution in [0.3, 0.4) is 0 Å². The van der Waals surface area contributed by atoms with E-state index in [9.17, 15) is 9.59 Å². The standard InChI is InChI=1S/C24H30O4S6/c1-15(2)23(25)27-9-19-11-31-21(33-19)13-29-17-6-5-7-18(8-17)30-14-22-32-12-20(34-22)10-28-24(26)16(3)4/h5-8,19-22H,1,3,9-14H2,2,4H3. The van der Waals surface area contributed by atoms with Gasteiger partial charge in [0.15, 0.2) is 0 Å². The quantitative estimate of drug-likeness (QED) is 0.158. The first-order valence-electron chi connectivity index (χ1n) is 10.8. The first-order valence-corrected chi connectivity index (χ1v) is 16.8. The van der Waals surface area contributed by atoms with Crippen LogP contribution in [0.2, 0.25) is 0 Å². The number of ether oxygens (including phenoxy) is 2. The van der Waals surface area contributed by atoms with Crippen LogP contribution in [-0.4, -0.2) is 67.8 Å². The van der Waals surface area contributed by atoms with Gasteiger partial charge in [-0.2, -0.15) is 0 Å². The van der Waals surface area contributed by atoms with Gasteiger partial charge >= 0.3 is 11.9 Å². The Labute approximate surface area is 228 Å². The number of hydrogen-bond acceptors (Lipinski definition) is 10. The third kappa shape index (κ3) is 9.65. The summed E-state index contributed by atoms with van der Waals surface area (Å²) >= 11 is 11.5. The van der Waals surface area contributed by atoms with Gasteiger partial charge in [-0.25, -0.2) is 9.59 Å². The number of thioether (sulfide) groups is 6. The minimum Gasteiger partial charge on any atom is -0.461 e. The minimum atomic E-state index is -0.297. The molecule has 0 bridgehead atoms. The van der Waals surface area contributed by atoms with Crippen LogP contribution >= 0.6 is 70.6 Å². The molecular weight excluding hydrogens is 545 g/mol. The molecule has 4 atom stereocenters. The van der Waals surface area contributed by atoms with Gasteiger partial charge in [-0.1, -0.05) is 19.2 Å². The highest BCUT2D eigenvalue weighted by molar-refractivity contribution is 8.22. The molecule has 2 fully saturated rings. The molecule has 0 radical (unpaired) electrons. The molecule has 0 aromatic heterocycles. The largest absolute Gasteiger partial charge is 0.461 e. The first kappa shape index (κ1) is 28.3. The van der Waals surface area contributed by atoms with Gasteiger partial charge < -0.3 is 9.47 Å². The maximum absolute atomic E-state index is 11.6. The van der Waals surface area contributed by atoms with Gasteiger partial charge in [-0.3, -0.25) is 0 Å². The number of hydrogen-bond donors (Lipinski definition) is 0. The highest BCUT2D eigenvalue weighted by Crippen LogP contribution is 2.42. The molecule has 2 aliphatic heterocycles. The van der Waals surface area contributed by atoms with Crippen molar-refractivity contribution in [2.75, 3.05) is 36.2 Å². The first-order chi connectivity index (χ1) is 16.3. The van der Waals surface area contributed by atoms with Crippen molar-refractivity contribution in [2.45, 2.75) is 43.3 Å². The number of benzene rings is 1. The fourth-order valence-corrected chi connectivity index (χ4v) is 12.0. The van der Waals surface area contributed by atoms with Gasteiger partial charge in [0.2, 0.25) is 0 Å². The summed E-state index contributed by atoms with van der Waals surface area (Å²) in [6.45, 7) is 11.5. The molecule has 4 nitrogen and oxygen atoms in total. The zero-order valence-electron chi connectivity index (χ0n) is 19.4. The van der Waals surface area contributed by atoms with E-state index in [1.165, 1.54) is 9.79 Å². The lowest BCUT2D eigenvalue weighted by atomic mass is 10.4. The molecule has 1 aromatic rings. The van der Waals surface area contributed by atoms with Gasteiger partial charge in [0.05, 0.1) is 9.16 Å². The Morgan fingerprint density at radius 1 is 0.882 bits per heavy atom. The van der Waals surface area contributed by atoms with E-state index in [4.69, 9.17) is 9.47 Å². The van der Waals surface area contributed by atoms with E-state index in [0.29, 0.717) is 44.0 Å². The molecule has 1 aromatic carbocycles. The van der Waals surface area contributed by atoms with E-state index in [1.807, 2.05) is 70.6 Å². The summed E-state index contributed by atoms with van der Waals surface area (Å²) in [5.74, 6) is 3.50. The van der Waals surface area contributed by atoms with Crippen LogP contribution in [0.1, 0.15) is 13.8 Å². The van der Waals surface area contributed by atoms with Crippen molar-refractivity contribution in [3.63, 3.8) is 0 Å². The topological polar surface area (TPSA) is 52.6 Å². The summed E-state index contributed by atoms with van der Waals surface area (Å²) in [5.41, 5.74) is 0.907. The van der Waals surface area contributed by atoms with Crippen molar-refractivity contribution >= 4 is 82.5 Å². The molecule has 34 heavy (non-hydrogen) atoms. The smallest absolute Gasteiger partial charge is 0.333 e. The molecule has 2 saturated heterocycles. The number of carbonyl (C=O) groups is 2. The Kier molecular flexibility index (Phi) is 12.1. The average Bonchev–Trinajstić information content (AvgIpc) is 3.47. The second-order valence-corrected chi connectivity index (χ2v) is 16.2. The van der Waals surface area contributed by atoms with E-state index in [-0.39, 0.29) is 11.9 Å². The lowest BCUT2D eigenvalue weighted by molar-refractivity contribution is -0.139. The molecule has 0 aliphatic carbocycles. The summed E-state index contributed by atoms with van der Waals surface area (Å²) in [6, 6.07) is 8.77. The Hall–Kier alpha value is -0.260. The molecule has 10 heteroatoms. The Morgan fingerprint density at radius 3 is 1.74 bits per heavy atom. The van der Waals surface area contributed by atoms with E-state index >= 15 is 0 Å². The predicted molar refractivity (Wildman–Crippen MR) is 155 cm³/mol. The molecule has 4 unspecified atom stereocenters. The van der Waals surface area contributed by atoms with Crippen molar-refractivity contribution in [1.29, 1.82) is 0 Å². The molecule has 0 saturated carbocycles. The molecule has 0 spiro atoms. The van der Waals surface area contributed by atoms with Gasteiger partial charge in [-0.15, -0.1) is 70.6 Å². The second-order valence-electron chi connectivity index (χ2n) is 7.90. The van der Waals surface area contributed by atoms with Crippen LogP contribution in [0.25, 0.3) is 0 Å². The van der Waals surface area contributed by atoms with Gasteiger partial charge in [0.1, 0.15) is 13.2 Å². The van der Waals surface area contributed by atoms with Crippen LogP contribution in [0, 0.1) is 0 Å². The summed E-state index contributed by atoms with van der Waals surface area (Å²) in [7, 11) is 0. The lowest BCUT2D eigenvalue weighted by Crippen LogP contribution is -2.16. The summed E-state index contributed by atoms with van der Waals surface area (Å²) in [5, 5.41) is 0.714. The van der Waals surface area contributed by atoms with E-state index in [2.05, 4.69) is 37.4 Å². The van der Waals surface area contributed by atoms with E-state index in [1.54, 1.807) is 13.8 Å². The van der Waals surface area contributed by atoms with E-state index < -0.39 is 0 Å². The van der Waals surface area contributed by atoms with Gasteiger partial charge in [-0.05, 0) is 32.0 Å². The summed E-state index contributed by atoms with van der Waals surface area (Å²) in [6.07, 6.45) is 0. The summed E-state index contributed by atoms with van der Waals surface area (Å²) in [4.78, 5) is 25.8. The lowest BCUT2D eigenvalue weighted by Gasteiger charge is -2.12. The number of carbonyl (C=O) groups excluding carboxylic acids is 2. The SMILES string of the molecule is C=C(C)C(=O)OCC1CSC(CSc2cccc(SCC3SCC(COC(=O)C(=C)C)S3)c2)S1. The molecule has 2 aliphatic rings. The fourth-order valence-electron chi connectivity index (χ4n) is 2.93. The van der Waals surface area contributed by atoms with Gasteiger partial charge in [0.25, 0.3) is 0 Å². The zero-order chi connectivity index (χ0) is 24.5. The van der Waals surface area contributed by atoms with Crippen LogP contribution in [0.4, 0.5) is 0 Å². The molecule has 186 valence electrons. The van der Waals surface area contributed by atoms with Crippen LogP contribution in [-0.2, 0) is 19.1 Å². The maximum Gasteiger partial charge on any atom is 0.333 e. The highest BCUT2D eigenvalue weighted by atomic mass is 32.2. The van der Waals surface area contributed by atoms with E-state index in [0.717, 1.165) is 23.0 Å². The van der Waals surface area contributed by atoms with Crippen LogP contribution < -0.4 is 0 Å². The molecule has 0 N–H and O–H groups in total. The van der Waals surface area contributed by atoms with Crippen molar-refractivity contribution in [2.24, 2.45) is 0 Å². The molecule has 3 rings (SSSR count). The normalized spacial score (nSPS) is 24.1. The Balaban J connectivity index is 1.34. The van der Waals surface area contributed by atoms with Crippen LogP contribution in [0.5, 0.6) is 0 Å². The van der Waals surface area contributed by atoms with Crippen molar-refractivity contribution in [3.8, 4) is 0 Å². The Morgan fingerprint density at radius 2 is 1.32 bits per heavy atom. The monoisotopic (exact) mass is 574 g/mol. The summed E-state index contributed by atoms with van der Waals surface area (Å²) < 4.78 is 11.6.